The van der Waals surface area contributed by atoms with Gasteiger partial charge >= 0.3 is 6.18 Å². The van der Waals surface area contributed by atoms with Crippen molar-refractivity contribution in [3.05, 3.63) is 28.2 Å². The summed E-state index contributed by atoms with van der Waals surface area (Å²) in [5.41, 5.74) is 6.45. The number of hydrogen-bond acceptors (Lipinski definition) is 2. The molecule has 1 fully saturated rings. The zero-order valence-corrected chi connectivity index (χ0v) is 12.8. The van der Waals surface area contributed by atoms with Crippen LogP contribution in [0.3, 0.4) is 0 Å². The molecule has 0 spiro atoms. The van der Waals surface area contributed by atoms with E-state index in [1.54, 1.807) is 18.2 Å². The molecule has 0 heterocycles. The normalized spacial score (nSPS) is 22.9. The Labute approximate surface area is 129 Å². The second-order valence-electron chi connectivity index (χ2n) is 5.30. The maximum Gasteiger partial charge on any atom is 0.391 e. The lowest BCUT2D eigenvalue weighted by molar-refractivity contribution is -0.182. The van der Waals surface area contributed by atoms with E-state index in [1.165, 1.54) is 0 Å². The SMILES string of the molecule is Nc1cc(Br)ccc1C(=O)NC1CCC(C(F)(F)F)CC1. The predicted octanol–water partition coefficient (Wildman–Crippen LogP) is 3.88. The van der Waals surface area contributed by atoms with Crippen molar-refractivity contribution in [1.29, 1.82) is 0 Å². The van der Waals surface area contributed by atoms with Crippen LogP contribution in [0.4, 0.5) is 18.9 Å². The van der Waals surface area contributed by atoms with Crippen LogP contribution in [0.15, 0.2) is 22.7 Å². The summed E-state index contributed by atoms with van der Waals surface area (Å²) in [6, 6.07) is 4.69. The van der Waals surface area contributed by atoms with E-state index in [0.717, 1.165) is 4.47 Å². The maximum absolute atomic E-state index is 12.6. The Balaban J connectivity index is 1.93. The molecule has 1 aromatic rings. The molecule has 2 rings (SSSR count). The molecule has 1 aliphatic carbocycles. The lowest BCUT2D eigenvalue weighted by atomic mass is 9.85. The number of nitrogens with two attached hydrogens (primary N) is 1. The Kier molecular flexibility index (Phi) is 4.81. The first kappa shape index (κ1) is 16.1. The van der Waals surface area contributed by atoms with Gasteiger partial charge in [0.25, 0.3) is 5.91 Å². The van der Waals surface area contributed by atoms with Crippen molar-refractivity contribution in [2.75, 3.05) is 5.73 Å². The molecule has 0 aromatic heterocycles. The van der Waals surface area contributed by atoms with Crippen LogP contribution in [0, 0.1) is 5.92 Å². The van der Waals surface area contributed by atoms with E-state index >= 15 is 0 Å². The van der Waals surface area contributed by atoms with Crippen LogP contribution in [-0.2, 0) is 0 Å². The number of halogens is 4. The molecular formula is C14H16BrF3N2O. The molecule has 1 amide bonds. The van der Waals surface area contributed by atoms with Crippen LogP contribution in [-0.4, -0.2) is 18.1 Å². The second kappa shape index (κ2) is 6.25. The number of hydrogen-bond donors (Lipinski definition) is 2. The number of nitrogen functional groups attached to an aromatic ring is 1. The summed E-state index contributed by atoms with van der Waals surface area (Å²) in [5.74, 6) is -1.58. The standard InChI is InChI=1S/C14H16BrF3N2O/c15-9-3-6-11(12(19)7-9)13(21)20-10-4-1-8(2-5-10)14(16,17)18/h3,6-8,10H,1-2,4-5,19H2,(H,20,21). The van der Waals surface area contributed by atoms with Crippen molar-refractivity contribution >= 4 is 27.5 Å². The third kappa shape index (κ3) is 4.12. The van der Waals surface area contributed by atoms with Gasteiger partial charge in [-0.3, -0.25) is 4.79 Å². The molecule has 0 saturated heterocycles. The van der Waals surface area contributed by atoms with Gasteiger partial charge < -0.3 is 11.1 Å². The Morgan fingerprint density at radius 1 is 1.24 bits per heavy atom. The largest absolute Gasteiger partial charge is 0.398 e. The van der Waals surface area contributed by atoms with Crippen molar-refractivity contribution in [1.82, 2.24) is 5.32 Å². The van der Waals surface area contributed by atoms with Crippen LogP contribution in [0.1, 0.15) is 36.0 Å². The first-order valence-corrected chi connectivity index (χ1v) is 7.49. The summed E-state index contributed by atoms with van der Waals surface area (Å²) < 4.78 is 38.5. The molecule has 3 nitrogen and oxygen atoms in total. The summed E-state index contributed by atoms with van der Waals surface area (Å²) in [6.07, 6.45) is -3.33. The van der Waals surface area contributed by atoms with Crippen LogP contribution < -0.4 is 11.1 Å². The molecule has 1 aliphatic rings. The van der Waals surface area contributed by atoms with Gasteiger partial charge in [-0.15, -0.1) is 0 Å². The summed E-state index contributed by atoms with van der Waals surface area (Å²) in [6.45, 7) is 0. The van der Waals surface area contributed by atoms with Gasteiger partial charge in [-0.05, 0) is 43.9 Å². The third-order valence-electron chi connectivity index (χ3n) is 3.78. The summed E-state index contributed by atoms with van der Waals surface area (Å²) in [4.78, 5) is 12.1. The number of anilines is 1. The Hall–Kier alpha value is -1.24. The fourth-order valence-electron chi connectivity index (χ4n) is 2.57. The van der Waals surface area contributed by atoms with Gasteiger partial charge in [0.15, 0.2) is 0 Å². The molecule has 3 N–H and O–H groups in total. The van der Waals surface area contributed by atoms with Crippen molar-refractivity contribution in [2.45, 2.75) is 37.9 Å². The van der Waals surface area contributed by atoms with Gasteiger partial charge in [0.1, 0.15) is 0 Å². The fourth-order valence-corrected chi connectivity index (χ4v) is 2.95. The molecular weight excluding hydrogens is 349 g/mol. The number of amides is 1. The highest BCUT2D eigenvalue weighted by molar-refractivity contribution is 9.10. The summed E-state index contributed by atoms with van der Waals surface area (Å²) in [7, 11) is 0. The topological polar surface area (TPSA) is 55.1 Å². The molecule has 0 radical (unpaired) electrons. The molecule has 1 saturated carbocycles. The number of benzene rings is 1. The van der Waals surface area contributed by atoms with Gasteiger partial charge in [-0.25, -0.2) is 0 Å². The second-order valence-corrected chi connectivity index (χ2v) is 6.21. The minimum absolute atomic E-state index is 0.0598. The maximum atomic E-state index is 12.6. The van der Waals surface area contributed by atoms with Crippen LogP contribution in [0.2, 0.25) is 0 Å². The van der Waals surface area contributed by atoms with E-state index in [1.807, 2.05) is 0 Å². The molecule has 0 atom stereocenters. The predicted molar refractivity (Wildman–Crippen MR) is 77.8 cm³/mol. The molecule has 21 heavy (non-hydrogen) atoms. The number of rotatable bonds is 2. The Bertz CT molecular complexity index is 525. The van der Waals surface area contributed by atoms with E-state index < -0.39 is 12.1 Å². The lowest BCUT2D eigenvalue weighted by Crippen LogP contribution is -2.40. The zero-order chi connectivity index (χ0) is 15.6. The monoisotopic (exact) mass is 364 g/mol. The molecule has 0 bridgehead atoms. The Morgan fingerprint density at radius 2 is 1.86 bits per heavy atom. The van der Waals surface area contributed by atoms with Gasteiger partial charge in [-0.1, -0.05) is 15.9 Å². The van der Waals surface area contributed by atoms with Crippen LogP contribution >= 0.6 is 15.9 Å². The Morgan fingerprint density at radius 3 is 2.38 bits per heavy atom. The van der Waals surface area contributed by atoms with Crippen molar-refractivity contribution in [2.24, 2.45) is 5.92 Å². The van der Waals surface area contributed by atoms with E-state index in [-0.39, 0.29) is 24.8 Å². The fraction of sp³-hybridized carbons (Fsp3) is 0.500. The third-order valence-corrected chi connectivity index (χ3v) is 4.28. The highest BCUT2D eigenvalue weighted by Crippen LogP contribution is 2.37. The average molecular weight is 365 g/mol. The quantitative estimate of drug-likeness (QED) is 0.782. The molecule has 1 aromatic carbocycles. The van der Waals surface area contributed by atoms with Crippen molar-refractivity contribution < 1.29 is 18.0 Å². The smallest absolute Gasteiger partial charge is 0.391 e. The minimum Gasteiger partial charge on any atom is -0.398 e. The van der Waals surface area contributed by atoms with Gasteiger partial charge in [-0.2, -0.15) is 13.2 Å². The van der Waals surface area contributed by atoms with E-state index in [4.69, 9.17) is 5.73 Å². The lowest BCUT2D eigenvalue weighted by Gasteiger charge is -2.30. The first-order valence-electron chi connectivity index (χ1n) is 6.70. The molecule has 7 heteroatoms. The summed E-state index contributed by atoms with van der Waals surface area (Å²) >= 11 is 3.25. The number of nitrogens with one attached hydrogen (secondary N) is 1. The van der Waals surface area contributed by atoms with Gasteiger partial charge in [0, 0.05) is 16.2 Å². The number of carbonyl (C=O) groups excluding carboxylic acids is 1. The van der Waals surface area contributed by atoms with E-state index in [0.29, 0.717) is 24.1 Å². The van der Waals surface area contributed by atoms with E-state index in [2.05, 4.69) is 21.2 Å². The first-order chi connectivity index (χ1) is 9.77. The number of alkyl halides is 3. The molecule has 116 valence electrons. The molecule has 0 unspecified atom stereocenters. The minimum atomic E-state index is -4.13. The average Bonchev–Trinajstić information content (AvgIpc) is 2.38. The van der Waals surface area contributed by atoms with Gasteiger partial charge in [0.2, 0.25) is 0 Å². The zero-order valence-electron chi connectivity index (χ0n) is 11.2. The van der Waals surface area contributed by atoms with Gasteiger partial charge in [0.05, 0.1) is 11.5 Å². The number of carbonyl (C=O) groups is 1. The molecule has 0 aliphatic heterocycles. The van der Waals surface area contributed by atoms with Crippen molar-refractivity contribution in [3.63, 3.8) is 0 Å². The van der Waals surface area contributed by atoms with E-state index in [9.17, 15) is 18.0 Å². The van der Waals surface area contributed by atoms with Crippen LogP contribution in [0.25, 0.3) is 0 Å². The highest BCUT2D eigenvalue weighted by Gasteiger charge is 2.41. The highest BCUT2D eigenvalue weighted by atomic mass is 79.9. The van der Waals surface area contributed by atoms with Crippen molar-refractivity contribution in [3.8, 4) is 0 Å². The summed E-state index contributed by atoms with van der Waals surface area (Å²) in [5, 5.41) is 2.77. The van der Waals surface area contributed by atoms with Crippen LogP contribution in [0.5, 0.6) is 0 Å².